The maximum atomic E-state index is 12.5. The minimum absolute atomic E-state index is 0.0261. The van der Waals surface area contributed by atoms with Crippen LogP contribution in [0.2, 0.25) is 0 Å². The van der Waals surface area contributed by atoms with E-state index < -0.39 is 0 Å². The SMILES string of the molecule is CCc1cc2c(=O)n(CC(=O)NCCc3ccc(OC)cc3)cnc2s1. The van der Waals surface area contributed by atoms with Crippen molar-refractivity contribution < 1.29 is 9.53 Å². The van der Waals surface area contributed by atoms with Crippen molar-refractivity contribution in [3.05, 3.63) is 57.5 Å². The van der Waals surface area contributed by atoms with E-state index in [0.29, 0.717) is 18.4 Å². The molecule has 136 valence electrons. The third-order valence-corrected chi connectivity index (χ3v) is 5.31. The maximum Gasteiger partial charge on any atom is 0.262 e. The predicted molar refractivity (Wildman–Crippen MR) is 103 cm³/mol. The largest absolute Gasteiger partial charge is 0.497 e. The molecule has 2 aromatic heterocycles. The van der Waals surface area contributed by atoms with Gasteiger partial charge in [-0.25, -0.2) is 4.98 Å². The van der Waals surface area contributed by atoms with Gasteiger partial charge in [0.2, 0.25) is 5.91 Å². The fraction of sp³-hybridized carbons (Fsp3) is 0.316. The highest BCUT2D eigenvalue weighted by atomic mass is 32.1. The Labute approximate surface area is 155 Å². The molecular formula is C19H21N3O3S. The van der Waals surface area contributed by atoms with E-state index in [1.54, 1.807) is 7.11 Å². The number of aromatic nitrogens is 2. The molecule has 0 spiro atoms. The standard InChI is InChI=1S/C19H21N3O3S/c1-3-15-10-16-18(26-15)21-12-22(19(16)24)11-17(23)20-9-8-13-4-6-14(25-2)7-5-13/h4-7,10,12H,3,8-9,11H2,1-2H3,(H,20,23). The van der Waals surface area contributed by atoms with E-state index in [-0.39, 0.29) is 18.0 Å². The number of hydrogen-bond acceptors (Lipinski definition) is 5. The highest BCUT2D eigenvalue weighted by Crippen LogP contribution is 2.20. The van der Waals surface area contributed by atoms with Crippen molar-refractivity contribution in [1.29, 1.82) is 0 Å². The first-order valence-electron chi connectivity index (χ1n) is 8.48. The summed E-state index contributed by atoms with van der Waals surface area (Å²) in [5.41, 5.74) is 0.938. The lowest BCUT2D eigenvalue weighted by atomic mass is 10.1. The first kappa shape index (κ1) is 18.1. The monoisotopic (exact) mass is 371 g/mol. The number of ether oxygens (including phenoxy) is 1. The number of thiophene rings is 1. The molecule has 3 rings (SSSR count). The molecule has 0 unspecified atom stereocenters. The molecule has 0 aliphatic carbocycles. The van der Waals surface area contributed by atoms with Gasteiger partial charge in [0.1, 0.15) is 17.1 Å². The molecule has 7 heteroatoms. The van der Waals surface area contributed by atoms with Crippen LogP contribution in [0.25, 0.3) is 10.2 Å². The molecule has 0 bridgehead atoms. The van der Waals surface area contributed by atoms with Crippen molar-refractivity contribution in [1.82, 2.24) is 14.9 Å². The van der Waals surface area contributed by atoms with Gasteiger partial charge in [0.25, 0.3) is 5.56 Å². The number of aryl methyl sites for hydroxylation is 1. The summed E-state index contributed by atoms with van der Waals surface area (Å²) in [6.45, 7) is 2.52. The molecular weight excluding hydrogens is 350 g/mol. The molecule has 3 aromatic rings. The Kier molecular flexibility index (Phi) is 5.68. The van der Waals surface area contributed by atoms with Crippen molar-refractivity contribution >= 4 is 27.5 Å². The number of nitrogens with one attached hydrogen (secondary N) is 1. The fourth-order valence-electron chi connectivity index (χ4n) is 2.65. The normalized spacial score (nSPS) is 10.8. The summed E-state index contributed by atoms with van der Waals surface area (Å²) >= 11 is 1.52. The van der Waals surface area contributed by atoms with Gasteiger partial charge in [0.05, 0.1) is 18.8 Å². The second-order valence-corrected chi connectivity index (χ2v) is 7.03. The smallest absolute Gasteiger partial charge is 0.262 e. The number of methoxy groups -OCH3 is 1. The first-order valence-corrected chi connectivity index (χ1v) is 9.30. The molecule has 0 aliphatic rings. The van der Waals surface area contributed by atoms with Gasteiger partial charge in [-0.1, -0.05) is 19.1 Å². The highest BCUT2D eigenvalue weighted by molar-refractivity contribution is 7.18. The first-order chi connectivity index (χ1) is 12.6. The zero-order valence-electron chi connectivity index (χ0n) is 14.8. The molecule has 0 fully saturated rings. The van der Waals surface area contributed by atoms with Gasteiger partial charge in [-0.3, -0.25) is 14.2 Å². The van der Waals surface area contributed by atoms with Crippen molar-refractivity contribution in [3.8, 4) is 5.75 Å². The summed E-state index contributed by atoms with van der Waals surface area (Å²) in [7, 11) is 1.63. The van der Waals surface area contributed by atoms with Crippen molar-refractivity contribution in [2.75, 3.05) is 13.7 Å². The van der Waals surface area contributed by atoms with Gasteiger partial charge in [-0.05, 0) is 36.6 Å². The quantitative estimate of drug-likeness (QED) is 0.692. The Morgan fingerprint density at radius 1 is 1.31 bits per heavy atom. The summed E-state index contributed by atoms with van der Waals surface area (Å²) in [4.78, 5) is 30.8. The minimum Gasteiger partial charge on any atom is -0.497 e. The molecule has 2 heterocycles. The van der Waals surface area contributed by atoms with E-state index in [4.69, 9.17) is 4.74 Å². The number of amides is 1. The van der Waals surface area contributed by atoms with Crippen LogP contribution in [0.1, 0.15) is 17.4 Å². The van der Waals surface area contributed by atoms with Crippen LogP contribution in [-0.2, 0) is 24.2 Å². The Morgan fingerprint density at radius 2 is 2.08 bits per heavy atom. The van der Waals surface area contributed by atoms with Crippen LogP contribution >= 0.6 is 11.3 Å². The van der Waals surface area contributed by atoms with E-state index in [1.807, 2.05) is 37.3 Å². The molecule has 1 aromatic carbocycles. The molecule has 0 radical (unpaired) electrons. The second-order valence-electron chi connectivity index (χ2n) is 5.91. The fourth-order valence-corrected chi connectivity index (χ4v) is 3.57. The van der Waals surface area contributed by atoms with Gasteiger partial charge in [-0.15, -0.1) is 11.3 Å². The predicted octanol–water partition coefficient (Wildman–Crippen LogP) is 2.39. The minimum atomic E-state index is -0.201. The second kappa shape index (κ2) is 8.14. The van der Waals surface area contributed by atoms with Crippen LogP contribution in [0.3, 0.4) is 0 Å². The van der Waals surface area contributed by atoms with Crippen LogP contribution in [0.4, 0.5) is 0 Å². The molecule has 0 atom stereocenters. The Morgan fingerprint density at radius 3 is 2.77 bits per heavy atom. The van der Waals surface area contributed by atoms with Crippen LogP contribution in [0.5, 0.6) is 5.75 Å². The molecule has 0 saturated heterocycles. The molecule has 1 N–H and O–H groups in total. The Hall–Kier alpha value is -2.67. The van der Waals surface area contributed by atoms with Crippen LogP contribution in [0.15, 0.2) is 41.5 Å². The van der Waals surface area contributed by atoms with E-state index >= 15 is 0 Å². The molecule has 0 saturated carbocycles. The maximum absolute atomic E-state index is 12.5. The summed E-state index contributed by atoms with van der Waals surface area (Å²) < 4.78 is 6.48. The van der Waals surface area contributed by atoms with Crippen LogP contribution in [-0.4, -0.2) is 29.1 Å². The van der Waals surface area contributed by atoms with Gasteiger partial charge >= 0.3 is 0 Å². The number of fused-ring (bicyclic) bond motifs is 1. The number of carbonyl (C=O) groups is 1. The Bertz CT molecular complexity index is 960. The van der Waals surface area contributed by atoms with Crippen LogP contribution < -0.4 is 15.6 Å². The van der Waals surface area contributed by atoms with Gasteiger partial charge in [-0.2, -0.15) is 0 Å². The summed E-state index contributed by atoms with van der Waals surface area (Å²) in [6.07, 6.45) is 3.03. The molecule has 26 heavy (non-hydrogen) atoms. The highest BCUT2D eigenvalue weighted by Gasteiger charge is 2.10. The molecule has 1 amide bonds. The zero-order chi connectivity index (χ0) is 18.5. The third-order valence-electron chi connectivity index (χ3n) is 4.13. The van der Waals surface area contributed by atoms with E-state index in [2.05, 4.69) is 10.3 Å². The third kappa shape index (κ3) is 4.11. The lowest BCUT2D eigenvalue weighted by Crippen LogP contribution is -2.33. The lowest BCUT2D eigenvalue weighted by Gasteiger charge is -2.08. The number of carbonyl (C=O) groups excluding carboxylic acids is 1. The average molecular weight is 371 g/mol. The number of benzene rings is 1. The molecule has 6 nitrogen and oxygen atoms in total. The van der Waals surface area contributed by atoms with Crippen molar-refractivity contribution in [3.63, 3.8) is 0 Å². The average Bonchev–Trinajstić information content (AvgIpc) is 3.09. The summed E-state index contributed by atoms with van der Waals surface area (Å²) in [5, 5.41) is 3.43. The van der Waals surface area contributed by atoms with Crippen LogP contribution in [0, 0.1) is 0 Å². The molecule has 0 aliphatic heterocycles. The number of hydrogen-bond donors (Lipinski definition) is 1. The van der Waals surface area contributed by atoms with Gasteiger partial charge < -0.3 is 10.1 Å². The van der Waals surface area contributed by atoms with Gasteiger partial charge in [0.15, 0.2) is 0 Å². The lowest BCUT2D eigenvalue weighted by molar-refractivity contribution is -0.121. The van der Waals surface area contributed by atoms with E-state index in [9.17, 15) is 9.59 Å². The van der Waals surface area contributed by atoms with E-state index in [0.717, 1.165) is 27.4 Å². The van der Waals surface area contributed by atoms with Crippen molar-refractivity contribution in [2.24, 2.45) is 0 Å². The van der Waals surface area contributed by atoms with E-state index in [1.165, 1.54) is 22.2 Å². The van der Waals surface area contributed by atoms with Crippen molar-refractivity contribution in [2.45, 2.75) is 26.3 Å². The Balaban J connectivity index is 1.58. The number of rotatable bonds is 7. The summed E-state index contributed by atoms with van der Waals surface area (Å²) in [5.74, 6) is 0.604. The van der Waals surface area contributed by atoms with Gasteiger partial charge in [0, 0.05) is 11.4 Å². The zero-order valence-corrected chi connectivity index (χ0v) is 15.6. The summed E-state index contributed by atoms with van der Waals surface area (Å²) in [6, 6.07) is 9.59. The number of nitrogens with zero attached hydrogens (tertiary/aromatic N) is 2. The topological polar surface area (TPSA) is 73.2 Å².